The molecule has 7 heteroatoms. The zero-order chi connectivity index (χ0) is 17.8. The Morgan fingerprint density at radius 1 is 1.36 bits per heavy atom. The summed E-state index contributed by atoms with van der Waals surface area (Å²) in [7, 11) is 0. The predicted octanol–water partition coefficient (Wildman–Crippen LogP) is 1.77. The quantitative estimate of drug-likeness (QED) is 0.896. The molecule has 3 rings (SSSR count). The van der Waals surface area contributed by atoms with E-state index in [-0.39, 0.29) is 24.2 Å². The first-order valence-electron chi connectivity index (χ1n) is 8.65. The number of amides is 1. The zero-order valence-corrected chi connectivity index (χ0v) is 14.9. The zero-order valence-electron chi connectivity index (χ0n) is 14.9. The summed E-state index contributed by atoms with van der Waals surface area (Å²) in [6.07, 6.45) is 5.67. The number of rotatable bonds is 5. The first-order chi connectivity index (χ1) is 12.0. The molecular weight excluding hydrogens is 318 g/mol. The summed E-state index contributed by atoms with van der Waals surface area (Å²) < 4.78 is 7.39. The summed E-state index contributed by atoms with van der Waals surface area (Å²) in [4.78, 5) is 19.0. The second-order valence-corrected chi connectivity index (χ2v) is 6.57. The SMILES string of the molecule is C[C@@H]1CN(c2ccc(CNC(=O)[C@H](C)n3cccn3)cn2)C[C@H](C)O1. The number of pyridine rings is 1. The molecule has 1 N–H and O–H groups in total. The fourth-order valence-electron chi connectivity index (χ4n) is 3.04. The Hall–Kier alpha value is -2.41. The van der Waals surface area contributed by atoms with E-state index in [1.807, 2.05) is 25.3 Å². The summed E-state index contributed by atoms with van der Waals surface area (Å²) in [5, 5.41) is 7.02. The number of ether oxygens (including phenoxy) is 1. The van der Waals surface area contributed by atoms with Crippen molar-refractivity contribution in [2.75, 3.05) is 18.0 Å². The lowest BCUT2D eigenvalue weighted by Crippen LogP contribution is -2.45. The van der Waals surface area contributed by atoms with Crippen LogP contribution in [0.5, 0.6) is 0 Å². The molecule has 3 heterocycles. The summed E-state index contributed by atoms with van der Waals surface area (Å²) in [5.74, 6) is 0.880. The number of nitrogens with zero attached hydrogens (tertiary/aromatic N) is 4. The maximum atomic E-state index is 12.2. The molecule has 1 aliphatic rings. The van der Waals surface area contributed by atoms with Crippen LogP contribution in [0.3, 0.4) is 0 Å². The van der Waals surface area contributed by atoms with Crippen molar-refractivity contribution in [3.8, 4) is 0 Å². The van der Waals surface area contributed by atoms with Crippen LogP contribution in [-0.4, -0.2) is 46.0 Å². The average molecular weight is 343 g/mol. The Balaban J connectivity index is 1.55. The number of nitrogens with one attached hydrogen (secondary N) is 1. The molecule has 0 radical (unpaired) electrons. The van der Waals surface area contributed by atoms with Gasteiger partial charge in [0.25, 0.3) is 0 Å². The van der Waals surface area contributed by atoms with E-state index in [0.29, 0.717) is 6.54 Å². The van der Waals surface area contributed by atoms with Crippen molar-refractivity contribution in [1.29, 1.82) is 0 Å². The minimum atomic E-state index is -0.335. The number of carbonyl (C=O) groups excluding carboxylic acids is 1. The van der Waals surface area contributed by atoms with E-state index in [1.165, 1.54) is 0 Å². The second kappa shape index (κ2) is 7.65. The maximum absolute atomic E-state index is 12.2. The number of carbonyl (C=O) groups is 1. The van der Waals surface area contributed by atoms with Gasteiger partial charge in [0.15, 0.2) is 0 Å². The van der Waals surface area contributed by atoms with Crippen molar-refractivity contribution in [3.05, 3.63) is 42.4 Å². The molecule has 2 aromatic rings. The number of aromatic nitrogens is 3. The van der Waals surface area contributed by atoms with Crippen molar-refractivity contribution >= 4 is 11.7 Å². The molecule has 0 spiro atoms. The Kier molecular flexibility index (Phi) is 5.33. The van der Waals surface area contributed by atoms with E-state index in [1.54, 1.807) is 23.1 Å². The van der Waals surface area contributed by atoms with E-state index in [4.69, 9.17) is 4.74 Å². The van der Waals surface area contributed by atoms with Crippen molar-refractivity contribution in [2.45, 2.75) is 45.6 Å². The molecule has 0 bridgehead atoms. The molecule has 134 valence electrons. The molecule has 1 aliphatic heterocycles. The predicted molar refractivity (Wildman–Crippen MR) is 95.2 cm³/mol. The van der Waals surface area contributed by atoms with Gasteiger partial charge < -0.3 is 15.0 Å². The van der Waals surface area contributed by atoms with E-state index >= 15 is 0 Å². The smallest absolute Gasteiger partial charge is 0.244 e. The van der Waals surface area contributed by atoms with E-state index in [0.717, 1.165) is 24.5 Å². The van der Waals surface area contributed by atoms with Crippen molar-refractivity contribution in [2.24, 2.45) is 0 Å². The van der Waals surface area contributed by atoms with Crippen LogP contribution >= 0.6 is 0 Å². The van der Waals surface area contributed by atoms with Crippen LogP contribution in [0.2, 0.25) is 0 Å². The number of hydrogen-bond acceptors (Lipinski definition) is 5. The molecule has 0 aliphatic carbocycles. The Labute approximate surface area is 148 Å². The van der Waals surface area contributed by atoms with Crippen LogP contribution < -0.4 is 10.2 Å². The third-order valence-electron chi connectivity index (χ3n) is 4.32. The number of anilines is 1. The maximum Gasteiger partial charge on any atom is 0.244 e. The first-order valence-corrected chi connectivity index (χ1v) is 8.65. The van der Waals surface area contributed by atoms with Crippen molar-refractivity contribution in [3.63, 3.8) is 0 Å². The normalized spacial score (nSPS) is 21.8. The van der Waals surface area contributed by atoms with Crippen LogP contribution in [0.25, 0.3) is 0 Å². The number of morpholine rings is 1. The Morgan fingerprint density at radius 3 is 2.72 bits per heavy atom. The third-order valence-corrected chi connectivity index (χ3v) is 4.32. The lowest BCUT2D eigenvalue weighted by atomic mass is 10.2. The fraction of sp³-hybridized carbons (Fsp3) is 0.500. The highest BCUT2D eigenvalue weighted by Gasteiger charge is 2.23. The monoisotopic (exact) mass is 343 g/mol. The summed E-state index contributed by atoms with van der Waals surface area (Å²) >= 11 is 0. The van der Waals surface area contributed by atoms with E-state index in [2.05, 4.69) is 34.1 Å². The highest BCUT2D eigenvalue weighted by atomic mass is 16.5. The van der Waals surface area contributed by atoms with Gasteiger partial charge in [-0.25, -0.2) is 4.98 Å². The Morgan fingerprint density at radius 2 is 2.12 bits per heavy atom. The van der Waals surface area contributed by atoms with E-state index < -0.39 is 0 Å². The molecule has 2 aromatic heterocycles. The minimum absolute atomic E-state index is 0.0661. The van der Waals surface area contributed by atoms with Gasteiger partial charge in [0.2, 0.25) is 5.91 Å². The van der Waals surface area contributed by atoms with Gasteiger partial charge in [-0.15, -0.1) is 0 Å². The van der Waals surface area contributed by atoms with Crippen LogP contribution in [0.15, 0.2) is 36.8 Å². The highest BCUT2D eigenvalue weighted by Crippen LogP contribution is 2.18. The molecule has 1 saturated heterocycles. The van der Waals surface area contributed by atoms with Crippen molar-refractivity contribution < 1.29 is 9.53 Å². The molecule has 1 fully saturated rings. The largest absolute Gasteiger partial charge is 0.372 e. The van der Waals surface area contributed by atoms with Gasteiger partial charge in [0.05, 0.1) is 12.2 Å². The molecule has 1 amide bonds. The molecule has 3 atom stereocenters. The van der Waals surface area contributed by atoms with Gasteiger partial charge in [-0.2, -0.15) is 5.10 Å². The topological polar surface area (TPSA) is 72.3 Å². The highest BCUT2D eigenvalue weighted by molar-refractivity contribution is 5.79. The van der Waals surface area contributed by atoms with Gasteiger partial charge in [0, 0.05) is 38.2 Å². The molecular formula is C18H25N5O2. The summed E-state index contributed by atoms with van der Waals surface area (Å²) in [5.41, 5.74) is 0.971. The lowest BCUT2D eigenvalue weighted by Gasteiger charge is -2.36. The minimum Gasteiger partial charge on any atom is -0.372 e. The molecule has 0 aromatic carbocycles. The lowest BCUT2D eigenvalue weighted by molar-refractivity contribution is -0.124. The van der Waals surface area contributed by atoms with Gasteiger partial charge in [-0.3, -0.25) is 9.48 Å². The van der Waals surface area contributed by atoms with Gasteiger partial charge in [0.1, 0.15) is 11.9 Å². The summed E-state index contributed by atoms with van der Waals surface area (Å²) in [6, 6.07) is 5.48. The van der Waals surface area contributed by atoms with Crippen molar-refractivity contribution in [1.82, 2.24) is 20.1 Å². The van der Waals surface area contributed by atoms with Crippen LogP contribution in [0.1, 0.15) is 32.4 Å². The standard InChI is InChI=1S/C18H25N5O2/c1-13-11-22(12-14(2)25-13)17-6-5-16(9-19-17)10-20-18(24)15(3)23-8-4-7-21-23/h4-9,13-15H,10-12H2,1-3H3,(H,20,24)/t13-,14+,15-/m0/s1. The second-order valence-electron chi connectivity index (χ2n) is 6.57. The number of hydrogen-bond donors (Lipinski definition) is 1. The fourth-order valence-corrected chi connectivity index (χ4v) is 3.04. The van der Waals surface area contributed by atoms with Crippen LogP contribution in [0.4, 0.5) is 5.82 Å². The molecule has 25 heavy (non-hydrogen) atoms. The van der Waals surface area contributed by atoms with Gasteiger partial charge in [-0.1, -0.05) is 6.07 Å². The Bertz CT molecular complexity index is 676. The van der Waals surface area contributed by atoms with E-state index in [9.17, 15) is 4.79 Å². The average Bonchev–Trinajstić information content (AvgIpc) is 3.13. The van der Waals surface area contributed by atoms with Gasteiger partial charge >= 0.3 is 0 Å². The summed E-state index contributed by atoms with van der Waals surface area (Å²) in [6.45, 7) is 8.11. The third kappa shape index (κ3) is 4.36. The van der Waals surface area contributed by atoms with Gasteiger partial charge in [-0.05, 0) is 38.5 Å². The molecule has 0 unspecified atom stereocenters. The molecule has 0 saturated carbocycles. The van der Waals surface area contributed by atoms with Crippen LogP contribution in [-0.2, 0) is 16.1 Å². The van der Waals surface area contributed by atoms with Crippen LogP contribution in [0, 0.1) is 0 Å². The molecule has 7 nitrogen and oxygen atoms in total. The first kappa shape index (κ1) is 17.4.